The molecule has 0 atom stereocenters. The fraction of sp³-hybridized carbons (Fsp3) is 0.500. The first-order valence-electron chi connectivity index (χ1n) is 6.31. The summed E-state index contributed by atoms with van der Waals surface area (Å²) in [4.78, 5) is 10.0. The van der Waals surface area contributed by atoms with Crippen LogP contribution in [0.1, 0.15) is 13.8 Å². The summed E-state index contributed by atoms with van der Waals surface area (Å²) in [6.07, 6.45) is 0. The van der Waals surface area contributed by atoms with Crippen LogP contribution in [-0.4, -0.2) is 42.9 Å². The first-order valence-corrected chi connectivity index (χ1v) is 7.75. The third-order valence-corrected chi connectivity index (χ3v) is 5.07. The first-order chi connectivity index (χ1) is 9.63. The Labute approximate surface area is 122 Å². The molecule has 0 spiro atoms. The minimum atomic E-state index is -3.75. The second kappa shape index (κ2) is 5.24. The van der Waals surface area contributed by atoms with Crippen LogP contribution in [0.4, 0.5) is 11.4 Å². The number of nitrogens with zero attached hydrogens (tertiary/aromatic N) is 2. The molecule has 0 bridgehead atoms. The van der Waals surface area contributed by atoms with Gasteiger partial charge in [0, 0.05) is 19.2 Å². The Morgan fingerprint density at radius 1 is 1.43 bits per heavy atom. The van der Waals surface area contributed by atoms with E-state index in [-0.39, 0.29) is 29.4 Å². The lowest BCUT2D eigenvalue weighted by atomic mass is 10.1. The van der Waals surface area contributed by atoms with Crippen LogP contribution in [0.3, 0.4) is 0 Å². The van der Waals surface area contributed by atoms with E-state index in [9.17, 15) is 18.5 Å². The molecule has 1 fully saturated rings. The van der Waals surface area contributed by atoms with Crippen LogP contribution in [0, 0.1) is 10.1 Å². The Hall–Kier alpha value is -1.71. The maximum absolute atomic E-state index is 12.6. The third-order valence-electron chi connectivity index (χ3n) is 3.22. The van der Waals surface area contributed by atoms with Gasteiger partial charge < -0.3 is 10.5 Å². The number of morpholine rings is 1. The first kappa shape index (κ1) is 15.7. The summed E-state index contributed by atoms with van der Waals surface area (Å²) in [5, 5.41) is 10.7. The van der Waals surface area contributed by atoms with Crippen molar-refractivity contribution in [3.05, 3.63) is 28.3 Å². The maximum atomic E-state index is 12.6. The van der Waals surface area contributed by atoms with Gasteiger partial charge in [-0.2, -0.15) is 4.31 Å². The van der Waals surface area contributed by atoms with Crippen LogP contribution >= 0.6 is 0 Å². The molecule has 1 aromatic carbocycles. The van der Waals surface area contributed by atoms with E-state index in [4.69, 9.17) is 10.5 Å². The normalized spacial score (nSPS) is 19.3. The Morgan fingerprint density at radius 3 is 2.62 bits per heavy atom. The lowest BCUT2D eigenvalue weighted by Gasteiger charge is -2.37. The predicted molar refractivity (Wildman–Crippen MR) is 76.3 cm³/mol. The van der Waals surface area contributed by atoms with Crippen molar-refractivity contribution in [3.63, 3.8) is 0 Å². The van der Waals surface area contributed by atoms with Crippen molar-refractivity contribution in [2.45, 2.75) is 24.3 Å². The standard InChI is InChI=1S/C12H17N3O5S/c1-12(2)8-14(5-6-20-12)21(18,19)9-3-4-11(15(16)17)10(13)7-9/h3-4,7H,5-6,8,13H2,1-2H3. The van der Waals surface area contributed by atoms with Crippen LogP contribution in [0.5, 0.6) is 0 Å². The van der Waals surface area contributed by atoms with Crippen LogP contribution in [-0.2, 0) is 14.8 Å². The minimum Gasteiger partial charge on any atom is -0.393 e. The molecule has 116 valence electrons. The van der Waals surface area contributed by atoms with Crippen LogP contribution in [0.25, 0.3) is 0 Å². The summed E-state index contributed by atoms with van der Waals surface area (Å²) in [6.45, 7) is 4.36. The Morgan fingerprint density at radius 2 is 2.10 bits per heavy atom. The van der Waals surface area contributed by atoms with Gasteiger partial charge in [-0.25, -0.2) is 8.42 Å². The lowest BCUT2D eigenvalue weighted by molar-refractivity contribution is -0.383. The van der Waals surface area contributed by atoms with E-state index in [0.717, 1.165) is 12.1 Å². The summed E-state index contributed by atoms with van der Waals surface area (Å²) in [6, 6.07) is 3.43. The topological polar surface area (TPSA) is 116 Å². The van der Waals surface area contributed by atoms with Crippen LogP contribution in [0.2, 0.25) is 0 Å². The monoisotopic (exact) mass is 315 g/mol. The average Bonchev–Trinajstić information content (AvgIpc) is 2.36. The lowest BCUT2D eigenvalue weighted by Crippen LogP contribution is -2.50. The Balaban J connectivity index is 2.36. The number of ether oxygens (including phenoxy) is 1. The number of anilines is 1. The number of nitrogen functional groups attached to an aromatic ring is 1. The molecule has 0 amide bonds. The van der Waals surface area contributed by atoms with Crippen molar-refractivity contribution in [2.24, 2.45) is 0 Å². The fourth-order valence-electron chi connectivity index (χ4n) is 2.19. The van der Waals surface area contributed by atoms with Crippen molar-refractivity contribution in [3.8, 4) is 0 Å². The zero-order valence-corrected chi connectivity index (χ0v) is 12.6. The van der Waals surface area contributed by atoms with Crippen molar-refractivity contribution in [2.75, 3.05) is 25.4 Å². The van der Waals surface area contributed by atoms with Gasteiger partial charge in [0.05, 0.1) is 22.0 Å². The summed E-state index contributed by atoms with van der Waals surface area (Å²) in [5.74, 6) is 0. The average molecular weight is 315 g/mol. The minimum absolute atomic E-state index is 0.0525. The van der Waals surface area contributed by atoms with Gasteiger partial charge in [-0.15, -0.1) is 0 Å². The van der Waals surface area contributed by atoms with E-state index < -0.39 is 20.5 Å². The molecular formula is C12H17N3O5S. The van der Waals surface area contributed by atoms with Crippen molar-refractivity contribution >= 4 is 21.4 Å². The molecule has 0 aliphatic carbocycles. The molecular weight excluding hydrogens is 298 g/mol. The van der Waals surface area contributed by atoms with Gasteiger partial charge >= 0.3 is 0 Å². The highest BCUT2D eigenvalue weighted by atomic mass is 32.2. The number of nitrogens with two attached hydrogens (primary N) is 1. The number of rotatable bonds is 3. The summed E-state index contributed by atoms with van der Waals surface area (Å²) < 4.78 is 31.9. The third kappa shape index (κ3) is 3.14. The predicted octanol–water partition coefficient (Wildman–Crippen LogP) is 0.977. The zero-order chi connectivity index (χ0) is 15.8. The second-order valence-electron chi connectivity index (χ2n) is 5.42. The van der Waals surface area contributed by atoms with E-state index in [1.54, 1.807) is 13.8 Å². The molecule has 9 heteroatoms. The van der Waals surface area contributed by atoms with Gasteiger partial charge in [0.25, 0.3) is 5.69 Å². The second-order valence-corrected chi connectivity index (χ2v) is 7.36. The number of sulfonamides is 1. The zero-order valence-electron chi connectivity index (χ0n) is 11.8. The van der Waals surface area contributed by atoms with Gasteiger partial charge in [-0.05, 0) is 26.0 Å². The molecule has 1 aliphatic rings. The van der Waals surface area contributed by atoms with Crippen molar-refractivity contribution in [1.29, 1.82) is 0 Å². The summed E-state index contributed by atoms with van der Waals surface area (Å²) in [5.41, 5.74) is 4.50. The molecule has 1 heterocycles. The number of nitro benzene ring substituents is 1. The number of nitro groups is 1. The highest BCUT2D eigenvalue weighted by Gasteiger charge is 2.35. The number of benzene rings is 1. The molecule has 2 N–H and O–H groups in total. The van der Waals surface area contributed by atoms with E-state index in [1.165, 1.54) is 10.4 Å². The molecule has 2 rings (SSSR count). The van der Waals surface area contributed by atoms with E-state index >= 15 is 0 Å². The fourth-order valence-corrected chi connectivity index (χ4v) is 3.80. The highest BCUT2D eigenvalue weighted by molar-refractivity contribution is 7.89. The van der Waals surface area contributed by atoms with Gasteiger partial charge in [0.1, 0.15) is 5.69 Å². The van der Waals surface area contributed by atoms with Crippen LogP contribution < -0.4 is 5.73 Å². The summed E-state index contributed by atoms with van der Waals surface area (Å²) >= 11 is 0. The van der Waals surface area contributed by atoms with Gasteiger partial charge in [-0.1, -0.05) is 0 Å². The molecule has 21 heavy (non-hydrogen) atoms. The van der Waals surface area contributed by atoms with Gasteiger partial charge in [0.2, 0.25) is 10.0 Å². The molecule has 0 saturated carbocycles. The molecule has 1 saturated heterocycles. The molecule has 8 nitrogen and oxygen atoms in total. The van der Waals surface area contributed by atoms with Gasteiger partial charge in [-0.3, -0.25) is 10.1 Å². The molecule has 0 aromatic heterocycles. The van der Waals surface area contributed by atoms with E-state index in [0.29, 0.717) is 6.61 Å². The highest BCUT2D eigenvalue weighted by Crippen LogP contribution is 2.28. The molecule has 1 aromatic rings. The Bertz CT molecular complexity index is 671. The maximum Gasteiger partial charge on any atom is 0.292 e. The van der Waals surface area contributed by atoms with Crippen LogP contribution in [0.15, 0.2) is 23.1 Å². The number of hydrogen-bond acceptors (Lipinski definition) is 6. The Kier molecular flexibility index (Phi) is 3.91. The van der Waals surface area contributed by atoms with E-state index in [2.05, 4.69) is 0 Å². The van der Waals surface area contributed by atoms with Crippen molar-refractivity contribution < 1.29 is 18.1 Å². The smallest absolute Gasteiger partial charge is 0.292 e. The molecule has 1 aliphatic heterocycles. The molecule has 0 radical (unpaired) electrons. The van der Waals surface area contributed by atoms with Crippen molar-refractivity contribution in [1.82, 2.24) is 4.31 Å². The quantitative estimate of drug-likeness (QED) is 0.505. The summed E-state index contributed by atoms with van der Waals surface area (Å²) in [7, 11) is -3.75. The van der Waals surface area contributed by atoms with E-state index in [1.807, 2.05) is 0 Å². The van der Waals surface area contributed by atoms with Gasteiger partial charge in [0.15, 0.2) is 0 Å². The SMILES string of the molecule is CC1(C)CN(S(=O)(=O)c2ccc([N+](=O)[O-])c(N)c2)CCO1. The number of hydrogen-bond donors (Lipinski definition) is 1. The largest absolute Gasteiger partial charge is 0.393 e. The molecule has 0 unspecified atom stereocenters.